The SMILES string of the molecule is CNC(Cc1ncccc1C)c1cc(F)ccc1Br. The van der Waals surface area contributed by atoms with Gasteiger partial charge < -0.3 is 5.32 Å². The first kappa shape index (κ1) is 14.2. The Bertz CT molecular complexity index is 572. The van der Waals surface area contributed by atoms with E-state index < -0.39 is 0 Å². The van der Waals surface area contributed by atoms with Crippen molar-refractivity contribution >= 4 is 15.9 Å². The predicted molar refractivity (Wildman–Crippen MR) is 78.6 cm³/mol. The molecule has 1 atom stereocenters. The van der Waals surface area contributed by atoms with Gasteiger partial charge in [0, 0.05) is 28.8 Å². The molecule has 1 aromatic heterocycles. The van der Waals surface area contributed by atoms with Gasteiger partial charge in [-0.1, -0.05) is 22.0 Å². The van der Waals surface area contributed by atoms with Crippen LogP contribution in [0.4, 0.5) is 4.39 Å². The first-order valence-electron chi connectivity index (χ1n) is 6.14. The minimum absolute atomic E-state index is 0.0266. The van der Waals surface area contributed by atoms with Crippen LogP contribution in [0.25, 0.3) is 0 Å². The van der Waals surface area contributed by atoms with Crippen LogP contribution in [0, 0.1) is 12.7 Å². The van der Waals surface area contributed by atoms with Gasteiger partial charge in [0.2, 0.25) is 0 Å². The summed E-state index contributed by atoms with van der Waals surface area (Å²) in [6.45, 7) is 2.04. The lowest BCUT2D eigenvalue weighted by atomic mass is 10.00. The van der Waals surface area contributed by atoms with E-state index in [9.17, 15) is 4.39 Å². The molecule has 0 aliphatic rings. The summed E-state index contributed by atoms with van der Waals surface area (Å²) in [5, 5.41) is 3.23. The van der Waals surface area contributed by atoms with Gasteiger partial charge in [-0.25, -0.2) is 4.39 Å². The fourth-order valence-electron chi connectivity index (χ4n) is 2.07. The average molecular weight is 323 g/mol. The molecule has 2 rings (SSSR count). The standard InChI is InChI=1S/C15H16BrFN2/c1-10-4-3-7-19-14(10)9-15(18-2)12-8-11(17)5-6-13(12)16/h3-8,15,18H,9H2,1-2H3. The van der Waals surface area contributed by atoms with Crippen molar-refractivity contribution in [3.8, 4) is 0 Å². The Morgan fingerprint density at radius 3 is 2.84 bits per heavy atom. The maximum absolute atomic E-state index is 13.4. The lowest BCUT2D eigenvalue weighted by Crippen LogP contribution is -2.20. The van der Waals surface area contributed by atoms with Crippen molar-refractivity contribution in [1.29, 1.82) is 0 Å². The fourth-order valence-corrected chi connectivity index (χ4v) is 2.60. The summed E-state index contributed by atoms with van der Waals surface area (Å²) in [7, 11) is 1.88. The van der Waals surface area contributed by atoms with Gasteiger partial charge in [-0.3, -0.25) is 4.98 Å². The molecule has 0 aliphatic carbocycles. The highest BCUT2D eigenvalue weighted by Gasteiger charge is 2.15. The third-order valence-corrected chi connectivity index (χ3v) is 3.92. The van der Waals surface area contributed by atoms with E-state index in [4.69, 9.17) is 0 Å². The number of nitrogens with one attached hydrogen (secondary N) is 1. The zero-order valence-corrected chi connectivity index (χ0v) is 12.5. The van der Waals surface area contributed by atoms with Gasteiger partial charge in [-0.2, -0.15) is 0 Å². The van der Waals surface area contributed by atoms with Crippen molar-refractivity contribution in [2.24, 2.45) is 0 Å². The van der Waals surface area contributed by atoms with E-state index in [1.807, 2.05) is 26.1 Å². The van der Waals surface area contributed by atoms with Crippen LogP contribution >= 0.6 is 15.9 Å². The van der Waals surface area contributed by atoms with Crippen LogP contribution in [0.5, 0.6) is 0 Å². The van der Waals surface area contributed by atoms with Gasteiger partial charge in [0.1, 0.15) is 5.82 Å². The van der Waals surface area contributed by atoms with Crippen molar-refractivity contribution in [3.63, 3.8) is 0 Å². The molecule has 0 aliphatic heterocycles. The van der Waals surface area contributed by atoms with Gasteiger partial charge >= 0.3 is 0 Å². The number of benzene rings is 1. The molecule has 0 fully saturated rings. The first-order chi connectivity index (χ1) is 9.11. The highest BCUT2D eigenvalue weighted by Crippen LogP contribution is 2.27. The number of likely N-dealkylation sites (N-methyl/N-ethyl adjacent to an activating group) is 1. The highest BCUT2D eigenvalue weighted by atomic mass is 79.9. The molecule has 1 aromatic carbocycles. The Morgan fingerprint density at radius 1 is 1.37 bits per heavy atom. The van der Waals surface area contributed by atoms with Gasteiger partial charge in [0.15, 0.2) is 0 Å². The first-order valence-corrected chi connectivity index (χ1v) is 6.94. The minimum atomic E-state index is -0.226. The molecule has 4 heteroatoms. The molecule has 1 N–H and O–H groups in total. The second kappa shape index (κ2) is 6.26. The number of hydrogen-bond acceptors (Lipinski definition) is 2. The Balaban J connectivity index is 2.30. The van der Waals surface area contributed by atoms with Crippen molar-refractivity contribution < 1.29 is 4.39 Å². The van der Waals surface area contributed by atoms with Crippen molar-refractivity contribution in [3.05, 3.63) is 63.6 Å². The Hall–Kier alpha value is -1.26. The highest BCUT2D eigenvalue weighted by molar-refractivity contribution is 9.10. The van der Waals surface area contributed by atoms with Crippen LogP contribution < -0.4 is 5.32 Å². The number of aryl methyl sites for hydroxylation is 1. The molecule has 2 aromatic rings. The van der Waals surface area contributed by atoms with Crippen LogP contribution in [-0.4, -0.2) is 12.0 Å². The monoisotopic (exact) mass is 322 g/mol. The lowest BCUT2D eigenvalue weighted by molar-refractivity contribution is 0.568. The normalized spacial score (nSPS) is 12.4. The molecule has 0 saturated carbocycles. The summed E-state index contributed by atoms with van der Waals surface area (Å²) >= 11 is 3.48. The number of nitrogens with zero attached hydrogens (tertiary/aromatic N) is 1. The summed E-state index contributed by atoms with van der Waals surface area (Å²) in [4.78, 5) is 4.39. The molecule has 1 unspecified atom stereocenters. The van der Waals surface area contributed by atoms with E-state index in [-0.39, 0.29) is 11.9 Å². The molecular weight excluding hydrogens is 307 g/mol. The van der Waals surface area contributed by atoms with Crippen molar-refractivity contribution in [2.45, 2.75) is 19.4 Å². The largest absolute Gasteiger partial charge is 0.313 e. The van der Waals surface area contributed by atoms with Crippen LogP contribution in [-0.2, 0) is 6.42 Å². The van der Waals surface area contributed by atoms with E-state index in [1.165, 1.54) is 6.07 Å². The van der Waals surface area contributed by atoms with Crippen LogP contribution in [0.2, 0.25) is 0 Å². The maximum atomic E-state index is 13.4. The van der Waals surface area contributed by atoms with Crippen LogP contribution in [0.15, 0.2) is 41.0 Å². The van der Waals surface area contributed by atoms with Gasteiger partial charge in [0.05, 0.1) is 0 Å². The van der Waals surface area contributed by atoms with E-state index >= 15 is 0 Å². The second-order valence-electron chi connectivity index (χ2n) is 4.48. The molecule has 0 amide bonds. The Labute approximate surface area is 121 Å². The third kappa shape index (κ3) is 3.39. The van der Waals surface area contributed by atoms with Crippen molar-refractivity contribution in [1.82, 2.24) is 10.3 Å². The van der Waals surface area contributed by atoms with Crippen LogP contribution in [0.3, 0.4) is 0 Å². The van der Waals surface area contributed by atoms with E-state index in [0.717, 1.165) is 27.7 Å². The number of aromatic nitrogens is 1. The Morgan fingerprint density at radius 2 is 2.16 bits per heavy atom. The molecule has 0 radical (unpaired) electrons. The molecule has 0 saturated heterocycles. The summed E-state index contributed by atoms with van der Waals surface area (Å²) in [5.41, 5.74) is 3.08. The summed E-state index contributed by atoms with van der Waals surface area (Å²) in [6.07, 6.45) is 2.51. The lowest BCUT2D eigenvalue weighted by Gasteiger charge is -2.18. The second-order valence-corrected chi connectivity index (χ2v) is 5.33. The summed E-state index contributed by atoms with van der Waals surface area (Å²) in [5.74, 6) is -0.226. The summed E-state index contributed by atoms with van der Waals surface area (Å²) < 4.78 is 14.3. The minimum Gasteiger partial charge on any atom is -0.313 e. The van der Waals surface area contributed by atoms with E-state index in [2.05, 4.69) is 26.2 Å². The quantitative estimate of drug-likeness (QED) is 0.926. The predicted octanol–water partition coefficient (Wildman–Crippen LogP) is 3.79. The number of halogens is 2. The Kier molecular flexibility index (Phi) is 4.66. The van der Waals surface area contributed by atoms with Crippen LogP contribution in [0.1, 0.15) is 22.9 Å². The number of rotatable bonds is 4. The van der Waals surface area contributed by atoms with Gasteiger partial charge in [0.25, 0.3) is 0 Å². The zero-order valence-electron chi connectivity index (χ0n) is 11.0. The van der Waals surface area contributed by atoms with E-state index in [0.29, 0.717) is 0 Å². The molecular formula is C15H16BrFN2. The number of pyridine rings is 1. The van der Waals surface area contributed by atoms with Gasteiger partial charge in [-0.15, -0.1) is 0 Å². The summed E-state index contributed by atoms with van der Waals surface area (Å²) in [6, 6.07) is 8.73. The maximum Gasteiger partial charge on any atom is 0.123 e. The zero-order chi connectivity index (χ0) is 13.8. The topological polar surface area (TPSA) is 24.9 Å². The third-order valence-electron chi connectivity index (χ3n) is 3.20. The van der Waals surface area contributed by atoms with E-state index in [1.54, 1.807) is 18.3 Å². The molecule has 0 spiro atoms. The molecule has 0 bridgehead atoms. The smallest absolute Gasteiger partial charge is 0.123 e. The number of hydrogen-bond donors (Lipinski definition) is 1. The van der Waals surface area contributed by atoms with Crippen molar-refractivity contribution in [2.75, 3.05) is 7.05 Å². The molecule has 2 nitrogen and oxygen atoms in total. The molecule has 1 heterocycles. The molecule has 19 heavy (non-hydrogen) atoms. The average Bonchev–Trinajstić information content (AvgIpc) is 2.41. The fraction of sp³-hybridized carbons (Fsp3) is 0.267. The molecule has 100 valence electrons. The van der Waals surface area contributed by atoms with Gasteiger partial charge in [-0.05, 0) is 49.4 Å².